The van der Waals surface area contributed by atoms with Crippen molar-refractivity contribution in [1.29, 1.82) is 0 Å². The third-order valence-corrected chi connectivity index (χ3v) is 2.30. The van der Waals surface area contributed by atoms with Crippen LogP contribution in [0.15, 0.2) is 42.5 Å². The Bertz CT molecular complexity index is 505. The fourth-order valence-electron chi connectivity index (χ4n) is 1.38. The van der Waals surface area contributed by atoms with Gasteiger partial charge in [0.2, 0.25) is 0 Å². The fraction of sp³-hybridized carbons (Fsp3) is 0.0769. The molecular weight excluding hydrogens is 220 g/mol. The highest BCUT2D eigenvalue weighted by atomic mass is 16.5. The molecule has 0 aliphatic carbocycles. The second-order valence-corrected chi connectivity index (χ2v) is 3.60. The molecule has 0 spiro atoms. The van der Waals surface area contributed by atoms with E-state index in [4.69, 9.17) is 14.9 Å². The largest absolute Gasteiger partial charge is 0.508 e. The number of ether oxygens (including phenoxy) is 1. The molecule has 4 heteroatoms. The third kappa shape index (κ3) is 2.81. The molecule has 0 radical (unpaired) electrons. The zero-order valence-electron chi connectivity index (χ0n) is 9.00. The molecule has 3 N–H and O–H groups in total. The highest BCUT2D eigenvalue weighted by Crippen LogP contribution is 2.24. The summed E-state index contributed by atoms with van der Waals surface area (Å²) < 4.78 is 5.41. The van der Waals surface area contributed by atoms with E-state index in [1.165, 1.54) is 24.3 Å². The summed E-state index contributed by atoms with van der Waals surface area (Å²) in [4.78, 5) is 0. The van der Waals surface area contributed by atoms with Gasteiger partial charge in [-0.15, -0.1) is 0 Å². The van der Waals surface area contributed by atoms with Gasteiger partial charge in [-0.1, -0.05) is 0 Å². The van der Waals surface area contributed by atoms with Crippen LogP contribution in [-0.4, -0.2) is 15.3 Å². The smallest absolute Gasteiger partial charge is 0.125 e. The molecular formula is C13H12O4. The van der Waals surface area contributed by atoms with E-state index >= 15 is 0 Å². The van der Waals surface area contributed by atoms with Crippen LogP contribution in [-0.2, 0) is 6.61 Å². The Morgan fingerprint density at radius 2 is 1.47 bits per heavy atom. The van der Waals surface area contributed by atoms with Crippen LogP contribution >= 0.6 is 0 Å². The molecule has 0 aliphatic rings. The summed E-state index contributed by atoms with van der Waals surface area (Å²) in [5, 5.41) is 27.8. The van der Waals surface area contributed by atoms with Crippen LogP contribution in [0.2, 0.25) is 0 Å². The summed E-state index contributed by atoms with van der Waals surface area (Å²) in [5.74, 6) is 0.764. The van der Waals surface area contributed by atoms with Gasteiger partial charge in [0.15, 0.2) is 0 Å². The molecule has 0 saturated carbocycles. The molecule has 88 valence electrons. The Hall–Kier alpha value is -2.36. The number of benzene rings is 2. The number of rotatable bonds is 3. The van der Waals surface area contributed by atoms with E-state index in [1.54, 1.807) is 18.2 Å². The van der Waals surface area contributed by atoms with Crippen molar-refractivity contribution in [3.63, 3.8) is 0 Å². The fourth-order valence-corrected chi connectivity index (χ4v) is 1.38. The van der Waals surface area contributed by atoms with Crippen LogP contribution in [0.25, 0.3) is 0 Å². The molecule has 2 rings (SSSR count). The Kier molecular flexibility index (Phi) is 3.05. The summed E-state index contributed by atoms with van der Waals surface area (Å²) in [6.45, 7) is 0.191. The summed E-state index contributed by atoms with van der Waals surface area (Å²) >= 11 is 0. The van der Waals surface area contributed by atoms with Gasteiger partial charge >= 0.3 is 0 Å². The maximum atomic E-state index is 9.53. The first-order valence-electron chi connectivity index (χ1n) is 5.08. The minimum Gasteiger partial charge on any atom is -0.508 e. The van der Waals surface area contributed by atoms with Crippen molar-refractivity contribution < 1.29 is 20.1 Å². The molecule has 0 bridgehead atoms. The first kappa shape index (κ1) is 11.1. The first-order valence-corrected chi connectivity index (χ1v) is 5.08. The Labute approximate surface area is 98.3 Å². The van der Waals surface area contributed by atoms with Crippen molar-refractivity contribution in [2.45, 2.75) is 6.61 Å². The van der Waals surface area contributed by atoms with Crippen molar-refractivity contribution in [3.05, 3.63) is 48.0 Å². The Balaban J connectivity index is 2.04. The predicted molar refractivity (Wildman–Crippen MR) is 62.2 cm³/mol. The summed E-state index contributed by atoms with van der Waals surface area (Å²) in [6, 6.07) is 10.6. The number of phenolic OH excluding ortho intramolecular Hbond substituents is 3. The summed E-state index contributed by atoms with van der Waals surface area (Å²) in [7, 11) is 0. The Morgan fingerprint density at radius 1 is 0.824 bits per heavy atom. The van der Waals surface area contributed by atoms with Crippen LogP contribution in [0.3, 0.4) is 0 Å². The van der Waals surface area contributed by atoms with Gasteiger partial charge in [0, 0.05) is 11.6 Å². The average molecular weight is 232 g/mol. The molecule has 0 aromatic heterocycles. The quantitative estimate of drug-likeness (QED) is 0.759. The lowest BCUT2D eigenvalue weighted by atomic mass is 10.2. The number of hydrogen-bond acceptors (Lipinski definition) is 4. The van der Waals surface area contributed by atoms with E-state index in [0.29, 0.717) is 11.3 Å². The Morgan fingerprint density at radius 3 is 2.12 bits per heavy atom. The molecule has 2 aromatic rings. The third-order valence-electron chi connectivity index (χ3n) is 2.30. The summed E-state index contributed by atoms with van der Waals surface area (Å²) in [6.07, 6.45) is 0. The van der Waals surface area contributed by atoms with Crippen LogP contribution in [0, 0.1) is 0 Å². The van der Waals surface area contributed by atoms with Crippen LogP contribution in [0.4, 0.5) is 0 Å². The molecule has 2 aromatic carbocycles. The molecule has 17 heavy (non-hydrogen) atoms. The topological polar surface area (TPSA) is 69.9 Å². The molecule has 0 saturated heterocycles. The average Bonchev–Trinajstić information content (AvgIpc) is 2.30. The van der Waals surface area contributed by atoms with Gasteiger partial charge in [-0.25, -0.2) is 0 Å². The monoisotopic (exact) mass is 232 g/mol. The maximum Gasteiger partial charge on any atom is 0.125 e. The number of aromatic hydroxyl groups is 3. The van der Waals surface area contributed by atoms with Gasteiger partial charge in [0.05, 0.1) is 0 Å². The van der Waals surface area contributed by atoms with Crippen molar-refractivity contribution in [1.82, 2.24) is 0 Å². The normalized spacial score (nSPS) is 10.1. The minimum absolute atomic E-state index is 0.0101. The van der Waals surface area contributed by atoms with Crippen molar-refractivity contribution in [3.8, 4) is 23.0 Å². The number of phenols is 3. The van der Waals surface area contributed by atoms with Gasteiger partial charge in [0.25, 0.3) is 0 Å². The minimum atomic E-state index is -0.0104. The summed E-state index contributed by atoms with van der Waals surface area (Å²) in [5.41, 5.74) is 0.580. The lowest BCUT2D eigenvalue weighted by Crippen LogP contribution is -1.95. The van der Waals surface area contributed by atoms with Crippen LogP contribution < -0.4 is 4.74 Å². The highest BCUT2D eigenvalue weighted by Gasteiger charge is 2.03. The molecule has 0 fully saturated rings. The molecule has 0 atom stereocenters. The van der Waals surface area contributed by atoms with Gasteiger partial charge in [-0.05, 0) is 36.4 Å². The SMILES string of the molecule is Oc1ccc(OCc2ccc(O)cc2O)cc1. The molecule has 4 nitrogen and oxygen atoms in total. The second kappa shape index (κ2) is 4.65. The number of hydrogen-bond donors (Lipinski definition) is 3. The highest BCUT2D eigenvalue weighted by molar-refractivity contribution is 5.39. The van der Waals surface area contributed by atoms with Crippen molar-refractivity contribution in [2.24, 2.45) is 0 Å². The molecule has 0 aliphatic heterocycles. The second-order valence-electron chi connectivity index (χ2n) is 3.60. The lowest BCUT2D eigenvalue weighted by Gasteiger charge is -2.08. The van der Waals surface area contributed by atoms with Crippen molar-refractivity contribution >= 4 is 0 Å². The molecule has 0 amide bonds. The van der Waals surface area contributed by atoms with Gasteiger partial charge in [0.1, 0.15) is 29.6 Å². The lowest BCUT2D eigenvalue weighted by molar-refractivity contribution is 0.298. The van der Waals surface area contributed by atoms with E-state index in [-0.39, 0.29) is 23.9 Å². The van der Waals surface area contributed by atoms with E-state index in [2.05, 4.69) is 0 Å². The van der Waals surface area contributed by atoms with Gasteiger partial charge in [-0.2, -0.15) is 0 Å². The molecule has 0 unspecified atom stereocenters. The van der Waals surface area contributed by atoms with Crippen LogP contribution in [0.1, 0.15) is 5.56 Å². The van der Waals surface area contributed by atoms with E-state index in [1.807, 2.05) is 0 Å². The molecule has 0 heterocycles. The van der Waals surface area contributed by atoms with E-state index in [9.17, 15) is 5.11 Å². The first-order chi connectivity index (χ1) is 8.15. The van der Waals surface area contributed by atoms with Gasteiger partial charge < -0.3 is 20.1 Å². The zero-order chi connectivity index (χ0) is 12.3. The predicted octanol–water partition coefficient (Wildman–Crippen LogP) is 2.38. The standard InChI is InChI=1S/C13H12O4/c14-10-3-5-12(6-4-10)17-8-9-1-2-11(15)7-13(9)16/h1-7,14-16H,8H2. The van der Waals surface area contributed by atoms with Crippen LogP contribution in [0.5, 0.6) is 23.0 Å². The maximum absolute atomic E-state index is 9.53. The zero-order valence-corrected chi connectivity index (χ0v) is 9.00. The van der Waals surface area contributed by atoms with Gasteiger partial charge in [-0.3, -0.25) is 0 Å². The van der Waals surface area contributed by atoms with Crippen molar-refractivity contribution in [2.75, 3.05) is 0 Å². The van der Waals surface area contributed by atoms with E-state index in [0.717, 1.165) is 0 Å². The van der Waals surface area contributed by atoms with E-state index < -0.39 is 0 Å².